The molecule has 0 unspecified atom stereocenters. The van der Waals surface area contributed by atoms with Crippen molar-refractivity contribution in [3.63, 3.8) is 0 Å². The number of rotatable bonds is 4. The minimum absolute atomic E-state index is 0.0340. The fourth-order valence-corrected chi connectivity index (χ4v) is 2.84. The van der Waals surface area contributed by atoms with E-state index in [1.165, 1.54) is 17.8 Å². The van der Waals surface area contributed by atoms with Crippen LogP contribution in [0.15, 0.2) is 52.3 Å². The van der Waals surface area contributed by atoms with Crippen molar-refractivity contribution in [1.82, 2.24) is 0 Å². The van der Waals surface area contributed by atoms with Gasteiger partial charge in [-0.25, -0.2) is 0 Å². The van der Waals surface area contributed by atoms with Crippen LogP contribution in [-0.4, -0.2) is 10.0 Å². The van der Waals surface area contributed by atoms with Crippen LogP contribution in [-0.2, 0) is 0 Å². The number of aliphatic hydroxyl groups is 1. The Morgan fingerprint density at radius 2 is 1.95 bits per heavy atom. The molecule has 20 heavy (non-hydrogen) atoms. The molecule has 0 radical (unpaired) electrons. The second-order valence-corrected chi connectivity index (χ2v) is 5.68. The van der Waals surface area contributed by atoms with Crippen LogP contribution in [0.3, 0.4) is 0 Å². The van der Waals surface area contributed by atoms with Crippen molar-refractivity contribution in [3.05, 3.63) is 63.2 Å². The SMILES string of the molecule is C[C@H](O)c1ccc(Sc2ccccc2Cl)c([N+](=O)[O-])c1. The molecule has 0 fully saturated rings. The Kier molecular flexibility index (Phi) is 4.65. The molecular formula is C14H12ClNO3S. The second kappa shape index (κ2) is 6.26. The van der Waals surface area contributed by atoms with E-state index in [0.29, 0.717) is 15.5 Å². The Balaban J connectivity index is 2.41. The largest absolute Gasteiger partial charge is 0.389 e. The van der Waals surface area contributed by atoms with E-state index < -0.39 is 11.0 Å². The maximum Gasteiger partial charge on any atom is 0.283 e. The fourth-order valence-electron chi connectivity index (χ4n) is 1.67. The number of hydrogen-bond donors (Lipinski definition) is 1. The number of hydrogen-bond acceptors (Lipinski definition) is 4. The van der Waals surface area contributed by atoms with Crippen LogP contribution >= 0.6 is 23.4 Å². The number of aliphatic hydroxyl groups excluding tert-OH is 1. The van der Waals surface area contributed by atoms with Gasteiger partial charge in [0.2, 0.25) is 0 Å². The number of nitro benzene ring substituents is 1. The van der Waals surface area contributed by atoms with E-state index in [1.807, 2.05) is 6.07 Å². The molecule has 1 N–H and O–H groups in total. The highest BCUT2D eigenvalue weighted by atomic mass is 35.5. The Bertz CT molecular complexity index is 646. The van der Waals surface area contributed by atoms with Gasteiger partial charge in [0.1, 0.15) is 0 Å². The van der Waals surface area contributed by atoms with Gasteiger partial charge in [0.15, 0.2) is 0 Å². The zero-order chi connectivity index (χ0) is 14.7. The molecule has 0 aliphatic carbocycles. The van der Waals surface area contributed by atoms with Crippen LogP contribution in [0.25, 0.3) is 0 Å². The zero-order valence-corrected chi connectivity index (χ0v) is 12.2. The molecule has 2 rings (SSSR count). The first-order chi connectivity index (χ1) is 9.49. The molecule has 0 aromatic heterocycles. The summed E-state index contributed by atoms with van der Waals surface area (Å²) < 4.78 is 0. The molecule has 0 bridgehead atoms. The van der Waals surface area contributed by atoms with E-state index in [0.717, 1.165) is 4.90 Å². The number of nitro groups is 1. The predicted molar refractivity (Wildman–Crippen MR) is 79.3 cm³/mol. The van der Waals surface area contributed by atoms with Gasteiger partial charge in [0.05, 0.1) is 20.9 Å². The number of halogens is 1. The van der Waals surface area contributed by atoms with Gasteiger partial charge in [-0.1, -0.05) is 41.6 Å². The maximum absolute atomic E-state index is 11.1. The summed E-state index contributed by atoms with van der Waals surface area (Å²) in [6.45, 7) is 1.57. The van der Waals surface area contributed by atoms with Crippen molar-refractivity contribution in [2.75, 3.05) is 0 Å². The van der Waals surface area contributed by atoms with Gasteiger partial charge in [-0.3, -0.25) is 10.1 Å². The third-order valence-electron chi connectivity index (χ3n) is 2.72. The van der Waals surface area contributed by atoms with Crippen LogP contribution in [0.4, 0.5) is 5.69 Å². The van der Waals surface area contributed by atoms with Gasteiger partial charge >= 0.3 is 0 Å². The average molecular weight is 310 g/mol. The first kappa shape index (κ1) is 14.8. The molecule has 4 nitrogen and oxygen atoms in total. The lowest BCUT2D eigenvalue weighted by Gasteiger charge is -2.08. The van der Waals surface area contributed by atoms with Gasteiger partial charge in [-0.15, -0.1) is 0 Å². The lowest BCUT2D eigenvalue weighted by Crippen LogP contribution is -1.96. The second-order valence-electron chi connectivity index (χ2n) is 4.19. The topological polar surface area (TPSA) is 63.4 Å². The summed E-state index contributed by atoms with van der Waals surface area (Å²) in [5.41, 5.74) is 0.480. The van der Waals surface area contributed by atoms with Crippen molar-refractivity contribution in [3.8, 4) is 0 Å². The zero-order valence-electron chi connectivity index (χ0n) is 10.6. The van der Waals surface area contributed by atoms with Crippen molar-refractivity contribution in [1.29, 1.82) is 0 Å². The molecule has 0 saturated heterocycles. The fraction of sp³-hybridized carbons (Fsp3) is 0.143. The summed E-state index contributed by atoms with van der Waals surface area (Å²) in [7, 11) is 0. The van der Waals surface area contributed by atoms with Gasteiger partial charge in [0, 0.05) is 11.0 Å². The van der Waals surface area contributed by atoms with Crippen LogP contribution in [0, 0.1) is 10.1 Å². The summed E-state index contributed by atoms with van der Waals surface area (Å²) >= 11 is 7.29. The van der Waals surface area contributed by atoms with E-state index in [2.05, 4.69) is 0 Å². The molecule has 0 heterocycles. The lowest BCUT2D eigenvalue weighted by molar-refractivity contribution is -0.387. The third-order valence-corrected chi connectivity index (χ3v) is 4.30. The molecule has 2 aromatic rings. The van der Waals surface area contributed by atoms with Crippen LogP contribution in [0.2, 0.25) is 5.02 Å². The minimum Gasteiger partial charge on any atom is -0.389 e. The molecular weight excluding hydrogens is 298 g/mol. The first-order valence-electron chi connectivity index (χ1n) is 5.88. The van der Waals surface area contributed by atoms with Gasteiger partial charge in [-0.2, -0.15) is 0 Å². The average Bonchev–Trinajstić information content (AvgIpc) is 2.41. The first-order valence-corrected chi connectivity index (χ1v) is 7.07. The Morgan fingerprint density at radius 1 is 1.25 bits per heavy atom. The van der Waals surface area contributed by atoms with Crippen molar-refractivity contribution in [2.45, 2.75) is 22.8 Å². The quantitative estimate of drug-likeness (QED) is 0.669. The van der Waals surface area contributed by atoms with E-state index in [1.54, 1.807) is 37.3 Å². The summed E-state index contributed by atoms with van der Waals surface area (Å²) in [5, 5.41) is 21.2. The standard InChI is InChI=1S/C14H12ClNO3S/c1-9(17)10-6-7-14(12(8-10)16(18)19)20-13-5-3-2-4-11(13)15/h2-9,17H,1H3/t9-/m0/s1. The molecule has 1 atom stereocenters. The molecule has 0 saturated carbocycles. The van der Waals surface area contributed by atoms with Crippen LogP contribution in [0.1, 0.15) is 18.6 Å². The van der Waals surface area contributed by atoms with Gasteiger partial charge in [0.25, 0.3) is 5.69 Å². The van der Waals surface area contributed by atoms with E-state index in [-0.39, 0.29) is 5.69 Å². The third kappa shape index (κ3) is 3.30. The minimum atomic E-state index is -0.743. The van der Waals surface area contributed by atoms with Gasteiger partial charge in [-0.05, 0) is 30.7 Å². The highest BCUT2D eigenvalue weighted by Gasteiger charge is 2.18. The summed E-state index contributed by atoms with van der Waals surface area (Å²) in [4.78, 5) is 11.9. The van der Waals surface area contributed by atoms with Crippen molar-refractivity contribution in [2.24, 2.45) is 0 Å². The highest BCUT2D eigenvalue weighted by Crippen LogP contribution is 2.39. The van der Waals surface area contributed by atoms with E-state index in [4.69, 9.17) is 11.6 Å². The predicted octanol–water partition coefficient (Wildman–Crippen LogP) is 4.45. The monoisotopic (exact) mass is 309 g/mol. The summed E-state index contributed by atoms with van der Waals surface area (Å²) in [5.74, 6) is 0. The van der Waals surface area contributed by atoms with Crippen LogP contribution < -0.4 is 0 Å². The summed E-state index contributed by atoms with van der Waals surface area (Å²) in [6, 6.07) is 11.9. The van der Waals surface area contributed by atoms with Crippen LogP contribution in [0.5, 0.6) is 0 Å². The van der Waals surface area contributed by atoms with Crippen molar-refractivity contribution < 1.29 is 10.0 Å². The normalized spacial score (nSPS) is 12.2. The van der Waals surface area contributed by atoms with Gasteiger partial charge < -0.3 is 5.11 Å². The molecule has 0 aliphatic heterocycles. The van der Waals surface area contributed by atoms with E-state index >= 15 is 0 Å². The lowest BCUT2D eigenvalue weighted by atomic mass is 10.1. The molecule has 104 valence electrons. The highest BCUT2D eigenvalue weighted by molar-refractivity contribution is 7.99. The summed E-state index contributed by atoms with van der Waals surface area (Å²) in [6.07, 6.45) is -0.743. The number of benzene rings is 2. The Hall–Kier alpha value is -1.56. The van der Waals surface area contributed by atoms with E-state index in [9.17, 15) is 15.2 Å². The smallest absolute Gasteiger partial charge is 0.283 e. The molecule has 0 spiro atoms. The number of nitrogens with zero attached hydrogens (tertiary/aromatic N) is 1. The molecule has 6 heteroatoms. The Labute approximate surface area is 125 Å². The molecule has 0 amide bonds. The Morgan fingerprint density at radius 3 is 2.55 bits per heavy atom. The molecule has 2 aromatic carbocycles. The maximum atomic E-state index is 11.1. The van der Waals surface area contributed by atoms with Crippen molar-refractivity contribution >= 4 is 29.1 Å². The molecule has 0 aliphatic rings.